The van der Waals surface area contributed by atoms with Crippen LogP contribution in [0, 0.1) is 6.92 Å². The molecule has 8 aromatic carbocycles. The lowest BCUT2D eigenvalue weighted by atomic mass is 10.00. The molecule has 1 aromatic heterocycles. The fourth-order valence-corrected chi connectivity index (χ4v) is 7.77. The van der Waals surface area contributed by atoms with E-state index < -0.39 is 0 Å². The summed E-state index contributed by atoms with van der Waals surface area (Å²) in [5, 5.41) is 2.50. The first-order valence-electron chi connectivity index (χ1n) is 18.2. The van der Waals surface area contributed by atoms with Crippen LogP contribution < -0.4 is 9.64 Å². The van der Waals surface area contributed by atoms with E-state index in [0.717, 1.165) is 33.9 Å². The number of hydrogen-bond donors (Lipinski definition) is 0. The molecule has 53 heavy (non-hydrogen) atoms. The van der Waals surface area contributed by atoms with Gasteiger partial charge in [0.15, 0.2) is 0 Å². The molecule has 0 saturated heterocycles. The number of anilines is 3. The Balaban J connectivity index is 1.05. The minimum absolute atomic E-state index is 0.697. The first-order valence-corrected chi connectivity index (χ1v) is 18.2. The number of aromatic nitrogens is 1. The normalized spacial score (nSPS) is 11.9. The molecular formula is C50H36N2O. The first kappa shape index (κ1) is 30.9. The lowest BCUT2D eigenvalue weighted by Crippen LogP contribution is -2.10. The zero-order chi connectivity index (χ0) is 35.3. The second-order valence-electron chi connectivity index (χ2n) is 13.9. The molecule has 0 N–H and O–H groups in total. The third-order valence-corrected chi connectivity index (χ3v) is 10.5. The van der Waals surface area contributed by atoms with E-state index in [4.69, 9.17) is 4.74 Å². The second kappa shape index (κ2) is 12.7. The molecular weight excluding hydrogens is 645 g/mol. The van der Waals surface area contributed by atoms with Crippen LogP contribution in [-0.2, 0) is 6.61 Å². The minimum atomic E-state index is 0.697. The number of ether oxygens (including phenoxy) is 1. The average molecular weight is 681 g/mol. The smallest absolute Gasteiger partial charge is 0.127 e. The lowest BCUT2D eigenvalue weighted by Gasteiger charge is -2.27. The van der Waals surface area contributed by atoms with Gasteiger partial charge in [-0.15, -0.1) is 0 Å². The number of aryl methyl sites for hydroxylation is 1. The lowest BCUT2D eigenvalue weighted by molar-refractivity contribution is 0.243. The Morgan fingerprint density at radius 1 is 0.434 bits per heavy atom. The van der Waals surface area contributed by atoms with Crippen LogP contribution in [0.15, 0.2) is 188 Å². The number of nitrogens with zero attached hydrogens (tertiary/aromatic N) is 2. The number of benzene rings is 8. The third-order valence-electron chi connectivity index (χ3n) is 10.5. The maximum absolute atomic E-state index is 5.71. The Morgan fingerprint density at radius 2 is 1.04 bits per heavy atom. The van der Waals surface area contributed by atoms with Crippen LogP contribution in [0.25, 0.3) is 60.9 Å². The zero-order valence-corrected chi connectivity index (χ0v) is 29.4. The number of fused-ring (bicyclic) bond motifs is 4. The highest BCUT2D eigenvalue weighted by Gasteiger charge is 2.18. The van der Waals surface area contributed by atoms with Crippen molar-refractivity contribution in [3.05, 3.63) is 199 Å². The highest BCUT2D eigenvalue weighted by atomic mass is 16.5. The van der Waals surface area contributed by atoms with Gasteiger partial charge in [-0.25, -0.2) is 0 Å². The van der Waals surface area contributed by atoms with Gasteiger partial charge in [-0.3, -0.25) is 0 Å². The van der Waals surface area contributed by atoms with Crippen molar-refractivity contribution >= 4 is 38.9 Å². The monoisotopic (exact) mass is 680 g/mol. The van der Waals surface area contributed by atoms with Crippen molar-refractivity contribution in [2.75, 3.05) is 4.90 Å². The molecule has 0 atom stereocenters. The first-order chi connectivity index (χ1) is 26.2. The standard InChI is InChI=1S/C50H36N2O/c1-34-9-7-10-37(29-34)35-19-24-43(25-20-35)51(45-14-8-11-38(30-45)40-17-18-41-33-53-50(41)32-40)44-26-21-36(22-27-44)39-23-28-49-47(31-39)46-15-5-6-16-48(46)52(49)42-12-3-2-4-13-42/h2-32H,33H2,1H3. The molecule has 1 aliphatic rings. The van der Waals surface area contributed by atoms with Gasteiger partial charge in [0.25, 0.3) is 0 Å². The molecule has 9 aromatic rings. The predicted octanol–water partition coefficient (Wildman–Crippen LogP) is 13.5. The maximum Gasteiger partial charge on any atom is 0.127 e. The predicted molar refractivity (Wildman–Crippen MR) is 221 cm³/mol. The fraction of sp³-hybridized carbons (Fsp3) is 0.0400. The zero-order valence-electron chi connectivity index (χ0n) is 29.4. The van der Waals surface area contributed by atoms with Gasteiger partial charge in [0.05, 0.1) is 11.0 Å². The van der Waals surface area contributed by atoms with Gasteiger partial charge in [0.2, 0.25) is 0 Å². The Hall–Kier alpha value is -6.84. The molecule has 0 radical (unpaired) electrons. The van der Waals surface area contributed by atoms with E-state index in [1.807, 2.05) is 0 Å². The van der Waals surface area contributed by atoms with Crippen molar-refractivity contribution in [3.63, 3.8) is 0 Å². The van der Waals surface area contributed by atoms with E-state index in [0.29, 0.717) is 6.61 Å². The van der Waals surface area contributed by atoms with E-state index >= 15 is 0 Å². The minimum Gasteiger partial charge on any atom is -0.488 e. The van der Waals surface area contributed by atoms with Crippen molar-refractivity contribution in [2.24, 2.45) is 0 Å². The summed E-state index contributed by atoms with van der Waals surface area (Å²) in [6, 6.07) is 68.1. The third kappa shape index (κ3) is 5.55. The van der Waals surface area contributed by atoms with Gasteiger partial charge in [-0.05, 0) is 113 Å². The SMILES string of the molecule is Cc1cccc(-c2ccc(N(c3ccc(-c4ccc5c(c4)c4ccccc4n5-c4ccccc4)cc3)c3cccc(-c4ccc5c(c4)OC5)c3)cc2)c1. The summed E-state index contributed by atoms with van der Waals surface area (Å²) in [6.45, 7) is 2.84. The number of rotatable bonds is 7. The average Bonchev–Trinajstić information content (AvgIpc) is 3.53. The Morgan fingerprint density at radius 3 is 1.74 bits per heavy atom. The summed E-state index contributed by atoms with van der Waals surface area (Å²) in [7, 11) is 0. The van der Waals surface area contributed by atoms with Crippen molar-refractivity contribution in [1.82, 2.24) is 4.57 Å². The molecule has 10 rings (SSSR count). The molecule has 1 aliphatic heterocycles. The molecule has 0 bridgehead atoms. The van der Waals surface area contributed by atoms with Crippen molar-refractivity contribution in [2.45, 2.75) is 13.5 Å². The molecule has 0 unspecified atom stereocenters. The summed E-state index contributed by atoms with van der Waals surface area (Å²) in [5.41, 5.74) is 16.5. The largest absolute Gasteiger partial charge is 0.488 e. The van der Waals surface area contributed by atoms with Gasteiger partial charge in [-0.1, -0.05) is 121 Å². The summed E-state index contributed by atoms with van der Waals surface area (Å²) in [6.07, 6.45) is 0. The van der Waals surface area contributed by atoms with Crippen LogP contribution in [0.4, 0.5) is 17.1 Å². The van der Waals surface area contributed by atoms with Gasteiger partial charge < -0.3 is 14.2 Å². The highest BCUT2D eigenvalue weighted by Crippen LogP contribution is 2.41. The van der Waals surface area contributed by atoms with Gasteiger partial charge in [-0.2, -0.15) is 0 Å². The van der Waals surface area contributed by atoms with Crippen LogP contribution in [-0.4, -0.2) is 4.57 Å². The molecule has 3 heteroatoms. The molecule has 2 heterocycles. The molecule has 0 aliphatic carbocycles. The van der Waals surface area contributed by atoms with E-state index in [9.17, 15) is 0 Å². The molecule has 252 valence electrons. The number of para-hydroxylation sites is 2. The second-order valence-corrected chi connectivity index (χ2v) is 13.9. The summed E-state index contributed by atoms with van der Waals surface area (Å²) < 4.78 is 8.08. The van der Waals surface area contributed by atoms with Crippen LogP contribution in [0.3, 0.4) is 0 Å². The maximum atomic E-state index is 5.71. The van der Waals surface area contributed by atoms with E-state index in [-0.39, 0.29) is 0 Å². The van der Waals surface area contributed by atoms with Crippen LogP contribution in [0.1, 0.15) is 11.1 Å². The number of hydrogen-bond acceptors (Lipinski definition) is 2. The molecule has 0 spiro atoms. The molecule has 0 fully saturated rings. The summed E-state index contributed by atoms with van der Waals surface area (Å²) in [5.74, 6) is 0.981. The summed E-state index contributed by atoms with van der Waals surface area (Å²) >= 11 is 0. The molecule has 3 nitrogen and oxygen atoms in total. The van der Waals surface area contributed by atoms with Gasteiger partial charge >= 0.3 is 0 Å². The van der Waals surface area contributed by atoms with Crippen LogP contribution in [0.2, 0.25) is 0 Å². The van der Waals surface area contributed by atoms with Gasteiger partial charge in [0.1, 0.15) is 12.4 Å². The van der Waals surface area contributed by atoms with E-state index in [1.165, 1.54) is 60.9 Å². The van der Waals surface area contributed by atoms with Gasteiger partial charge in [0, 0.05) is 39.1 Å². The topological polar surface area (TPSA) is 17.4 Å². The Kier molecular flexibility index (Phi) is 7.43. The van der Waals surface area contributed by atoms with Crippen molar-refractivity contribution < 1.29 is 4.74 Å². The van der Waals surface area contributed by atoms with Crippen LogP contribution >= 0.6 is 0 Å². The van der Waals surface area contributed by atoms with E-state index in [1.54, 1.807) is 0 Å². The Bertz CT molecular complexity index is 2780. The van der Waals surface area contributed by atoms with Crippen molar-refractivity contribution in [3.8, 4) is 44.8 Å². The Labute approximate surface area is 309 Å². The molecule has 0 saturated carbocycles. The fourth-order valence-electron chi connectivity index (χ4n) is 7.77. The molecule has 0 amide bonds. The highest BCUT2D eigenvalue weighted by molar-refractivity contribution is 6.10. The van der Waals surface area contributed by atoms with E-state index in [2.05, 4.69) is 204 Å². The van der Waals surface area contributed by atoms with Crippen molar-refractivity contribution in [1.29, 1.82) is 0 Å². The quantitative estimate of drug-likeness (QED) is 0.167. The summed E-state index contributed by atoms with van der Waals surface area (Å²) in [4.78, 5) is 2.35. The van der Waals surface area contributed by atoms with Crippen LogP contribution in [0.5, 0.6) is 5.75 Å².